The molecule has 0 unspecified atom stereocenters. The van der Waals surface area contributed by atoms with E-state index in [1.807, 2.05) is 0 Å². The maximum Gasteiger partial charge on any atom is 0.153 e. The van der Waals surface area contributed by atoms with Crippen molar-refractivity contribution >= 4 is 16.9 Å². The van der Waals surface area contributed by atoms with Gasteiger partial charge in [-0.3, -0.25) is 4.79 Å². The molecule has 0 heterocycles. The van der Waals surface area contributed by atoms with Gasteiger partial charge >= 0.3 is 0 Å². The maximum absolute atomic E-state index is 13.8. The fraction of sp³-hybridized carbons (Fsp3) is 0.375. The third kappa shape index (κ3) is 1.67. The number of rotatable bonds is 2. The fourth-order valence-corrected chi connectivity index (χ4v) is 6.43. The van der Waals surface area contributed by atoms with Crippen molar-refractivity contribution in [2.75, 3.05) is 0 Å². The summed E-state index contributed by atoms with van der Waals surface area (Å²) in [7, 11) is 0. The number of hydrogen-bond acceptors (Lipinski definition) is 1. The highest BCUT2D eigenvalue weighted by molar-refractivity contribution is 6.22. The van der Waals surface area contributed by atoms with Crippen molar-refractivity contribution in [2.45, 2.75) is 33.1 Å². The Morgan fingerprint density at radius 3 is 1.52 bits per heavy atom. The van der Waals surface area contributed by atoms with Gasteiger partial charge < -0.3 is 0 Å². The third-order valence-corrected chi connectivity index (χ3v) is 7.36. The van der Waals surface area contributed by atoms with E-state index in [1.165, 1.54) is 41.5 Å². The van der Waals surface area contributed by atoms with E-state index in [9.17, 15) is 4.79 Å². The van der Waals surface area contributed by atoms with Crippen molar-refractivity contribution < 1.29 is 4.79 Å². The molecule has 2 aromatic carbocycles. The molecule has 2 aromatic rings. The molecular weight excluding hydrogens is 304 g/mol. The number of benzene rings is 2. The van der Waals surface area contributed by atoms with Crippen LogP contribution in [0.15, 0.2) is 60.7 Å². The molecule has 0 radical (unpaired) electrons. The summed E-state index contributed by atoms with van der Waals surface area (Å²) in [4.78, 5) is 13.8. The van der Waals surface area contributed by atoms with E-state index < -0.39 is 0 Å². The standard InChI is InChI=1S/C24H24O/c1-23-18-14-9-15-19(18)24(2,22(23)25)21(17-12-7-4-8-13-17)20(23)16-10-5-3-6-11-16/h3-8,10-13,18-19H,9,14-15H2,1-2H3/t18-,19+,23-,24+. The van der Waals surface area contributed by atoms with Crippen LogP contribution in [0, 0.1) is 22.7 Å². The van der Waals surface area contributed by atoms with Gasteiger partial charge in [0.15, 0.2) is 5.78 Å². The van der Waals surface area contributed by atoms with E-state index >= 15 is 0 Å². The van der Waals surface area contributed by atoms with E-state index in [4.69, 9.17) is 0 Å². The summed E-state index contributed by atoms with van der Waals surface area (Å²) in [5.74, 6) is 1.48. The first-order valence-corrected chi connectivity index (χ1v) is 9.50. The second-order valence-corrected chi connectivity index (χ2v) is 8.36. The Bertz CT molecular complexity index is 807. The molecule has 2 fully saturated rings. The molecule has 1 nitrogen and oxygen atoms in total. The van der Waals surface area contributed by atoms with Crippen LogP contribution in [0.3, 0.4) is 0 Å². The van der Waals surface area contributed by atoms with Gasteiger partial charge in [0.2, 0.25) is 0 Å². The number of fused-ring (bicyclic) bond motifs is 5. The summed E-state index contributed by atoms with van der Waals surface area (Å²) in [5.41, 5.74) is 4.40. The Morgan fingerprint density at radius 2 is 1.12 bits per heavy atom. The topological polar surface area (TPSA) is 17.1 Å². The minimum Gasteiger partial charge on any atom is -0.298 e. The average molecular weight is 328 g/mol. The molecule has 3 aliphatic rings. The van der Waals surface area contributed by atoms with E-state index in [-0.39, 0.29) is 10.8 Å². The van der Waals surface area contributed by atoms with Crippen LogP contribution in [0.5, 0.6) is 0 Å². The van der Waals surface area contributed by atoms with E-state index in [2.05, 4.69) is 74.5 Å². The zero-order valence-electron chi connectivity index (χ0n) is 15.0. The molecule has 2 saturated carbocycles. The Hall–Kier alpha value is -2.15. The average Bonchev–Trinajstić information content (AvgIpc) is 3.26. The molecule has 0 N–H and O–H groups in total. The molecule has 3 aliphatic carbocycles. The molecule has 0 amide bonds. The predicted molar refractivity (Wildman–Crippen MR) is 102 cm³/mol. The quantitative estimate of drug-likeness (QED) is 0.699. The normalized spacial score (nSPS) is 36.2. The van der Waals surface area contributed by atoms with Crippen LogP contribution in [0.4, 0.5) is 0 Å². The van der Waals surface area contributed by atoms with Gasteiger partial charge in [0, 0.05) is 0 Å². The Balaban J connectivity index is 1.87. The summed E-state index contributed by atoms with van der Waals surface area (Å²) in [6, 6.07) is 21.2. The zero-order chi connectivity index (χ0) is 17.2. The summed E-state index contributed by atoms with van der Waals surface area (Å²) >= 11 is 0. The van der Waals surface area contributed by atoms with Crippen molar-refractivity contribution in [3.8, 4) is 0 Å². The van der Waals surface area contributed by atoms with Crippen molar-refractivity contribution in [2.24, 2.45) is 22.7 Å². The van der Waals surface area contributed by atoms with Gasteiger partial charge in [-0.2, -0.15) is 0 Å². The first-order chi connectivity index (χ1) is 12.1. The lowest BCUT2D eigenvalue weighted by Crippen LogP contribution is -2.30. The van der Waals surface area contributed by atoms with Crippen LogP contribution in [-0.2, 0) is 4.79 Å². The van der Waals surface area contributed by atoms with E-state index in [1.54, 1.807) is 0 Å². The number of carbonyl (C=O) groups excluding carboxylic acids is 1. The van der Waals surface area contributed by atoms with Crippen molar-refractivity contribution in [3.05, 3.63) is 71.8 Å². The molecule has 4 atom stereocenters. The second-order valence-electron chi connectivity index (χ2n) is 8.36. The monoisotopic (exact) mass is 328 g/mol. The smallest absolute Gasteiger partial charge is 0.153 e. The van der Waals surface area contributed by atoms with Gasteiger partial charge in [-0.1, -0.05) is 67.1 Å². The van der Waals surface area contributed by atoms with Gasteiger partial charge in [0.1, 0.15) is 0 Å². The van der Waals surface area contributed by atoms with Gasteiger partial charge in [-0.25, -0.2) is 0 Å². The largest absolute Gasteiger partial charge is 0.298 e. The molecule has 0 aromatic heterocycles. The minimum atomic E-state index is -0.331. The zero-order valence-corrected chi connectivity index (χ0v) is 15.0. The lowest BCUT2D eigenvalue weighted by atomic mass is 9.63. The van der Waals surface area contributed by atoms with Crippen LogP contribution in [0.1, 0.15) is 44.2 Å². The first kappa shape index (κ1) is 15.1. The molecule has 5 rings (SSSR count). The van der Waals surface area contributed by atoms with Gasteiger partial charge in [0.05, 0.1) is 10.8 Å². The molecule has 1 heteroatoms. The molecule has 25 heavy (non-hydrogen) atoms. The Labute approximate surface area is 149 Å². The first-order valence-electron chi connectivity index (χ1n) is 9.50. The second kappa shape index (κ2) is 4.94. The molecule has 126 valence electrons. The van der Waals surface area contributed by atoms with E-state index in [0.29, 0.717) is 17.6 Å². The van der Waals surface area contributed by atoms with Crippen LogP contribution in [0.25, 0.3) is 11.1 Å². The Morgan fingerprint density at radius 1 is 0.720 bits per heavy atom. The number of ketones is 1. The lowest BCUT2D eigenvalue weighted by Gasteiger charge is -2.38. The Kier molecular flexibility index (Phi) is 2.99. The number of hydrogen-bond donors (Lipinski definition) is 0. The highest BCUT2D eigenvalue weighted by Gasteiger charge is 2.72. The molecule has 0 spiro atoms. The highest BCUT2D eigenvalue weighted by atomic mass is 16.1. The van der Waals surface area contributed by atoms with Gasteiger partial charge in [0.25, 0.3) is 0 Å². The van der Waals surface area contributed by atoms with Crippen LogP contribution >= 0.6 is 0 Å². The molecule has 0 aliphatic heterocycles. The third-order valence-electron chi connectivity index (χ3n) is 7.36. The predicted octanol–water partition coefficient (Wildman–Crippen LogP) is 5.62. The van der Waals surface area contributed by atoms with Crippen LogP contribution in [0.2, 0.25) is 0 Å². The number of carbonyl (C=O) groups is 1. The summed E-state index contributed by atoms with van der Waals surface area (Å²) < 4.78 is 0. The van der Waals surface area contributed by atoms with E-state index in [0.717, 1.165) is 0 Å². The molecule has 2 bridgehead atoms. The summed E-state index contributed by atoms with van der Waals surface area (Å²) in [6.45, 7) is 4.48. The molecular formula is C24H24O. The number of allylic oxidation sites excluding steroid dienone is 2. The SMILES string of the molecule is C[C@]12C(=O)[C@](C)(C(c3ccccc3)=C1c1ccccc1)[C@H]1CCC[C@H]12. The van der Waals surface area contributed by atoms with Crippen LogP contribution in [-0.4, -0.2) is 5.78 Å². The van der Waals surface area contributed by atoms with Gasteiger partial charge in [-0.15, -0.1) is 0 Å². The van der Waals surface area contributed by atoms with Crippen molar-refractivity contribution in [1.82, 2.24) is 0 Å². The summed E-state index contributed by atoms with van der Waals surface area (Å²) in [6.07, 6.45) is 3.65. The lowest BCUT2D eigenvalue weighted by molar-refractivity contribution is -0.127. The van der Waals surface area contributed by atoms with Crippen molar-refractivity contribution in [3.63, 3.8) is 0 Å². The summed E-state index contributed by atoms with van der Waals surface area (Å²) in [5, 5.41) is 0. The minimum absolute atomic E-state index is 0.331. The molecule has 0 saturated heterocycles. The number of Topliss-reactive ketones (excluding diaryl/α,β-unsaturated/α-hetero) is 1. The fourth-order valence-electron chi connectivity index (χ4n) is 6.43. The van der Waals surface area contributed by atoms with Crippen LogP contribution < -0.4 is 0 Å². The maximum atomic E-state index is 13.8. The van der Waals surface area contributed by atoms with Crippen molar-refractivity contribution in [1.29, 1.82) is 0 Å². The van der Waals surface area contributed by atoms with Gasteiger partial charge in [-0.05, 0) is 60.8 Å². The highest BCUT2D eigenvalue weighted by Crippen LogP contribution is 2.74.